The average molecular weight is 566 g/mol. The fourth-order valence-corrected chi connectivity index (χ4v) is 10.2. The summed E-state index contributed by atoms with van der Waals surface area (Å²) in [7, 11) is 0. The van der Waals surface area contributed by atoms with Gasteiger partial charge < -0.3 is 19.8 Å². The lowest BCUT2D eigenvalue weighted by Crippen LogP contribution is -2.59. The van der Waals surface area contributed by atoms with Gasteiger partial charge in [0.15, 0.2) is 0 Å². The molecule has 5 rings (SSSR count). The van der Waals surface area contributed by atoms with Crippen LogP contribution in [0.15, 0.2) is 55.6 Å². The summed E-state index contributed by atoms with van der Waals surface area (Å²) in [5.41, 5.74) is 0.769. The normalized spacial score (nSPS) is 32.0. The number of aliphatic hydroxyl groups excluding tert-OH is 1. The molecule has 8 heteroatoms. The van der Waals surface area contributed by atoms with Crippen molar-refractivity contribution in [3.05, 3.63) is 55.6 Å². The van der Waals surface area contributed by atoms with Crippen molar-refractivity contribution in [2.24, 2.45) is 11.8 Å². The van der Waals surface area contributed by atoms with Crippen LogP contribution in [0.25, 0.3) is 0 Å². The van der Waals surface area contributed by atoms with Gasteiger partial charge in [-0.3, -0.25) is 14.4 Å². The molecule has 1 aromatic carbocycles. The van der Waals surface area contributed by atoms with Crippen LogP contribution in [0.4, 0.5) is 5.69 Å². The van der Waals surface area contributed by atoms with E-state index in [1.165, 1.54) is 6.42 Å². The summed E-state index contributed by atoms with van der Waals surface area (Å²) < 4.78 is -1.18. The number of anilines is 1. The standard InChI is InChI=1S/C32H43N3O4S/c1-5-19-33(23-13-9-7-10-14-23)28(37)25-26-29(38)35(22(3)21-36)27(32(26)18-17-31(25,4)40-32)30(39)34(20-6-2)24-15-11-8-12-16-24/h5-7,9-10,13-14,22,24-27,36H,1-2,8,11-12,15-21H2,3-4H3/t22-,25-,26+,27?,31+,32?/m1/s1. The third-order valence-electron chi connectivity index (χ3n) is 9.72. The number of aliphatic hydroxyl groups is 1. The lowest BCUT2D eigenvalue weighted by atomic mass is 9.66. The van der Waals surface area contributed by atoms with Crippen molar-refractivity contribution in [2.45, 2.75) is 86.4 Å². The third kappa shape index (κ3) is 4.51. The largest absolute Gasteiger partial charge is 0.394 e. The lowest BCUT2D eigenvalue weighted by Gasteiger charge is -2.42. The molecule has 1 aromatic rings. The van der Waals surface area contributed by atoms with Crippen LogP contribution >= 0.6 is 11.8 Å². The minimum atomic E-state index is -0.719. The van der Waals surface area contributed by atoms with Crippen molar-refractivity contribution in [3.63, 3.8) is 0 Å². The number of nitrogens with zero attached hydrogens (tertiary/aromatic N) is 3. The topological polar surface area (TPSA) is 81.2 Å². The molecule has 40 heavy (non-hydrogen) atoms. The molecule has 1 aliphatic carbocycles. The van der Waals surface area contributed by atoms with Gasteiger partial charge in [0.1, 0.15) is 6.04 Å². The number of amides is 3. The first-order chi connectivity index (χ1) is 19.2. The number of carbonyl (C=O) groups is 3. The monoisotopic (exact) mass is 565 g/mol. The van der Waals surface area contributed by atoms with Gasteiger partial charge in [-0.1, -0.05) is 49.6 Å². The molecule has 0 aromatic heterocycles. The van der Waals surface area contributed by atoms with E-state index in [-0.39, 0.29) is 30.4 Å². The summed E-state index contributed by atoms with van der Waals surface area (Å²) in [5.74, 6) is -1.53. The minimum Gasteiger partial charge on any atom is -0.394 e. The zero-order valence-electron chi connectivity index (χ0n) is 23.8. The van der Waals surface area contributed by atoms with Gasteiger partial charge in [0, 0.05) is 29.6 Å². The number of benzene rings is 1. The highest BCUT2D eigenvalue weighted by Gasteiger charge is 2.78. The Kier molecular flexibility index (Phi) is 8.22. The molecule has 2 unspecified atom stereocenters. The molecule has 3 saturated heterocycles. The molecule has 1 spiro atoms. The number of hydrogen-bond donors (Lipinski definition) is 1. The Labute approximate surface area is 242 Å². The second-order valence-electron chi connectivity index (χ2n) is 12.1. The number of thioether (sulfide) groups is 1. The van der Waals surface area contributed by atoms with E-state index >= 15 is 0 Å². The average Bonchev–Trinajstić information content (AvgIpc) is 3.55. The van der Waals surface area contributed by atoms with Gasteiger partial charge in [-0.25, -0.2) is 0 Å². The first kappa shape index (κ1) is 28.9. The van der Waals surface area contributed by atoms with E-state index in [9.17, 15) is 19.5 Å². The molecular formula is C32H43N3O4S. The maximum atomic E-state index is 14.7. The van der Waals surface area contributed by atoms with Gasteiger partial charge in [-0.2, -0.15) is 0 Å². The highest BCUT2D eigenvalue weighted by molar-refractivity contribution is 8.02. The number of likely N-dealkylation sites (tertiary alicyclic amines) is 1. The van der Waals surface area contributed by atoms with E-state index in [0.29, 0.717) is 19.5 Å². The van der Waals surface area contributed by atoms with Crippen molar-refractivity contribution in [3.8, 4) is 0 Å². The van der Waals surface area contributed by atoms with Crippen LogP contribution in [0.2, 0.25) is 0 Å². The smallest absolute Gasteiger partial charge is 0.247 e. The number of hydrogen-bond acceptors (Lipinski definition) is 5. The quantitative estimate of drug-likeness (QED) is 0.425. The number of carbonyl (C=O) groups excluding carboxylic acids is 3. The fourth-order valence-electron chi connectivity index (χ4n) is 7.92. The summed E-state index contributed by atoms with van der Waals surface area (Å²) >= 11 is 1.68. The summed E-state index contributed by atoms with van der Waals surface area (Å²) in [6.07, 6.45) is 10.2. The molecule has 6 atom stereocenters. The Hall–Kier alpha value is -2.58. The summed E-state index contributed by atoms with van der Waals surface area (Å²) in [5, 5.41) is 10.2. The van der Waals surface area contributed by atoms with E-state index in [1.807, 2.05) is 35.2 Å². The molecule has 1 saturated carbocycles. The molecule has 4 fully saturated rings. The molecule has 3 aliphatic heterocycles. The van der Waals surface area contributed by atoms with Crippen molar-refractivity contribution >= 4 is 35.2 Å². The van der Waals surface area contributed by atoms with Crippen molar-refractivity contribution < 1.29 is 19.5 Å². The highest BCUT2D eigenvalue weighted by atomic mass is 32.2. The fraction of sp³-hybridized carbons (Fsp3) is 0.594. The van der Waals surface area contributed by atoms with E-state index < -0.39 is 33.4 Å². The van der Waals surface area contributed by atoms with E-state index in [1.54, 1.807) is 40.6 Å². The first-order valence-electron chi connectivity index (χ1n) is 14.8. The van der Waals surface area contributed by atoms with Gasteiger partial charge in [0.25, 0.3) is 0 Å². The Morgan fingerprint density at radius 1 is 1.10 bits per heavy atom. The van der Waals surface area contributed by atoms with Crippen LogP contribution in [-0.4, -0.2) is 79.9 Å². The zero-order chi connectivity index (χ0) is 28.7. The van der Waals surface area contributed by atoms with Crippen LogP contribution in [0.1, 0.15) is 58.8 Å². The Morgan fingerprint density at radius 3 is 2.40 bits per heavy atom. The van der Waals surface area contributed by atoms with Crippen LogP contribution in [-0.2, 0) is 14.4 Å². The maximum absolute atomic E-state index is 14.7. The van der Waals surface area contributed by atoms with Crippen molar-refractivity contribution in [2.75, 3.05) is 24.6 Å². The van der Waals surface area contributed by atoms with Gasteiger partial charge in [-0.05, 0) is 51.7 Å². The van der Waals surface area contributed by atoms with Crippen LogP contribution < -0.4 is 4.90 Å². The van der Waals surface area contributed by atoms with Gasteiger partial charge in [0.2, 0.25) is 17.7 Å². The Bertz CT molecular complexity index is 1150. The van der Waals surface area contributed by atoms with E-state index in [4.69, 9.17) is 0 Å². The van der Waals surface area contributed by atoms with Crippen molar-refractivity contribution in [1.82, 2.24) is 9.80 Å². The van der Waals surface area contributed by atoms with Gasteiger partial charge in [-0.15, -0.1) is 24.9 Å². The second-order valence-corrected chi connectivity index (χ2v) is 14.0. The second kappa shape index (κ2) is 11.4. The molecule has 3 amide bonds. The number of para-hydroxylation sites is 1. The molecule has 0 radical (unpaired) electrons. The van der Waals surface area contributed by atoms with E-state index in [0.717, 1.165) is 37.8 Å². The molecule has 2 bridgehead atoms. The first-order valence-corrected chi connectivity index (χ1v) is 15.6. The SMILES string of the molecule is C=CCN(C(=O)[C@H]1[C@H]2C(=O)N([C@H](C)CO)C(C(=O)N(CC=C)C3CCCCC3)C23CC[C@]1(C)S3)c1ccccc1. The summed E-state index contributed by atoms with van der Waals surface area (Å²) in [4.78, 5) is 48.9. The Morgan fingerprint density at radius 2 is 1.77 bits per heavy atom. The maximum Gasteiger partial charge on any atom is 0.247 e. The number of fused-ring (bicyclic) bond motifs is 1. The molecule has 4 aliphatic rings. The molecular weight excluding hydrogens is 522 g/mol. The zero-order valence-corrected chi connectivity index (χ0v) is 24.7. The predicted molar refractivity (Wildman–Crippen MR) is 160 cm³/mol. The van der Waals surface area contributed by atoms with Gasteiger partial charge in [0.05, 0.1) is 29.2 Å². The van der Waals surface area contributed by atoms with Crippen molar-refractivity contribution in [1.29, 1.82) is 0 Å². The van der Waals surface area contributed by atoms with E-state index in [2.05, 4.69) is 20.1 Å². The molecule has 216 valence electrons. The van der Waals surface area contributed by atoms with Gasteiger partial charge >= 0.3 is 0 Å². The molecule has 1 N–H and O–H groups in total. The molecule has 3 heterocycles. The molecule has 7 nitrogen and oxygen atoms in total. The minimum absolute atomic E-state index is 0.0567. The summed E-state index contributed by atoms with van der Waals surface area (Å²) in [6, 6.07) is 8.39. The van der Waals surface area contributed by atoms with Crippen LogP contribution in [0.5, 0.6) is 0 Å². The van der Waals surface area contributed by atoms with Crippen LogP contribution in [0.3, 0.4) is 0 Å². The van der Waals surface area contributed by atoms with Crippen LogP contribution in [0, 0.1) is 11.8 Å². The Balaban J connectivity index is 1.57. The lowest BCUT2D eigenvalue weighted by molar-refractivity contribution is -0.147. The highest BCUT2D eigenvalue weighted by Crippen LogP contribution is 2.72. The predicted octanol–water partition coefficient (Wildman–Crippen LogP) is 4.42. The third-order valence-corrected chi connectivity index (χ3v) is 11.7. The number of rotatable bonds is 10. The summed E-state index contributed by atoms with van der Waals surface area (Å²) in [6.45, 7) is 12.2.